The summed E-state index contributed by atoms with van der Waals surface area (Å²) in [6.45, 7) is 0.702. The van der Waals surface area contributed by atoms with Crippen molar-refractivity contribution in [2.45, 2.75) is 45.1 Å². The monoisotopic (exact) mass is 688 g/mol. The number of anilines is 3. The van der Waals surface area contributed by atoms with Crippen LogP contribution in [-0.2, 0) is 6.54 Å². The standard InChI is InChI=1S/C50H44N2O/c1-51(47-31-27-40(37-17-8-3-9-18-37)33-45(47)39-19-10-4-11-20-39)44-30-32-48-46(34-44)50-41(21-14-24-49(50)53-48)35-52(42-22-12-5-13-23-42)43-28-25-38(26-29-43)36-15-6-2-7-16-36/h2,4-7,10-17,19-26,28-30,32-34H,3,8-9,18,27,31,35H2,1H3. The predicted molar refractivity (Wildman–Crippen MR) is 224 cm³/mol. The van der Waals surface area contributed by atoms with E-state index in [1.807, 2.05) is 0 Å². The number of allylic oxidation sites excluding steroid dienone is 6. The van der Waals surface area contributed by atoms with Crippen LogP contribution in [0.25, 0.3) is 38.6 Å². The van der Waals surface area contributed by atoms with Gasteiger partial charge in [-0.25, -0.2) is 0 Å². The normalized spacial score (nSPS) is 14.7. The van der Waals surface area contributed by atoms with Gasteiger partial charge < -0.3 is 14.2 Å². The third kappa shape index (κ3) is 6.60. The number of nitrogens with zero attached hydrogens (tertiary/aromatic N) is 2. The van der Waals surface area contributed by atoms with Gasteiger partial charge in [-0.1, -0.05) is 109 Å². The van der Waals surface area contributed by atoms with Crippen molar-refractivity contribution in [2.24, 2.45) is 0 Å². The number of hydrogen-bond acceptors (Lipinski definition) is 3. The molecule has 1 aromatic heterocycles. The summed E-state index contributed by atoms with van der Waals surface area (Å²) in [5.74, 6) is 0. The van der Waals surface area contributed by atoms with E-state index >= 15 is 0 Å². The molecule has 0 fully saturated rings. The van der Waals surface area contributed by atoms with Gasteiger partial charge in [0, 0.05) is 52.7 Å². The number of para-hydroxylation sites is 1. The number of furan rings is 1. The zero-order valence-electron chi connectivity index (χ0n) is 30.3. The molecule has 260 valence electrons. The Labute approximate surface area is 312 Å². The van der Waals surface area contributed by atoms with Crippen LogP contribution < -0.4 is 9.80 Å². The minimum absolute atomic E-state index is 0.702. The molecule has 3 heteroatoms. The van der Waals surface area contributed by atoms with E-state index in [1.54, 1.807) is 5.57 Å². The van der Waals surface area contributed by atoms with E-state index < -0.39 is 0 Å². The zero-order valence-corrected chi connectivity index (χ0v) is 30.3. The molecule has 0 spiro atoms. The van der Waals surface area contributed by atoms with Gasteiger partial charge in [0.25, 0.3) is 0 Å². The molecule has 0 bridgehead atoms. The van der Waals surface area contributed by atoms with E-state index in [-0.39, 0.29) is 0 Å². The van der Waals surface area contributed by atoms with Crippen LogP contribution >= 0.6 is 0 Å². The highest BCUT2D eigenvalue weighted by Gasteiger charge is 2.23. The molecule has 53 heavy (non-hydrogen) atoms. The Balaban J connectivity index is 1.11. The third-order valence-electron chi connectivity index (χ3n) is 11.1. The summed E-state index contributed by atoms with van der Waals surface area (Å²) in [5, 5.41) is 2.32. The van der Waals surface area contributed by atoms with Crippen LogP contribution in [0.4, 0.5) is 17.1 Å². The van der Waals surface area contributed by atoms with Crippen LogP contribution in [0, 0.1) is 0 Å². The van der Waals surface area contributed by atoms with E-state index in [0.29, 0.717) is 6.54 Å². The molecule has 0 amide bonds. The number of hydrogen-bond donors (Lipinski definition) is 0. The maximum Gasteiger partial charge on any atom is 0.135 e. The van der Waals surface area contributed by atoms with E-state index in [9.17, 15) is 0 Å². The molecule has 0 unspecified atom stereocenters. The summed E-state index contributed by atoms with van der Waals surface area (Å²) in [6, 6.07) is 54.3. The van der Waals surface area contributed by atoms with Crippen molar-refractivity contribution >= 4 is 44.6 Å². The minimum Gasteiger partial charge on any atom is -0.456 e. The number of benzene rings is 6. The molecular formula is C50H44N2O. The first-order valence-corrected chi connectivity index (χ1v) is 19.0. The summed E-state index contributed by atoms with van der Waals surface area (Å²) in [6.07, 6.45) is 12.1. The molecule has 7 aromatic rings. The highest BCUT2D eigenvalue weighted by atomic mass is 16.3. The van der Waals surface area contributed by atoms with Gasteiger partial charge in [-0.2, -0.15) is 0 Å². The molecule has 0 saturated heterocycles. The molecule has 2 aliphatic carbocycles. The largest absolute Gasteiger partial charge is 0.456 e. The second kappa shape index (κ2) is 14.5. The molecule has 1 heterocycles. The molecule has 0 radical (unpaired) electrons. The summed E-state index contributed by atoms with van der Waals surface area (Å²) in [7, 11) is 2.23. The molecule has 3 nitrogen and oxygen atoms in total. The highest BCUT2D eigenvalue weighted by Crippen LogP contribution is 2.41. The van der Waals surface area contributed by atoms with Crippen LogP contribution in [0.1, 0.15) is 49.7 Å². The average molecular weight is 689 g/mol. The van der Waals surface area contributed by atoms with Crippen molar-refractivity contribution in [1.29, 1.82) is 0 Å². The summed E-state index contributed by atoms with van der Waals surface area (Å²) in [5.41, 5.74) is 16.0. The molecule has 9 rings (SSSR count). The predicted octanol–water partition coefficient (Wildman–Crippen LogP) is 13.7. The highest BCUT2D eigenvalue weighted by molar-refractivity contribution is 6.08. The SMILES string of the molecule is CN(C1=C(c2ccccc2)C=C(C2=CCCCC2)CC1)c1ccc2oc3cccc(CN(c4ccccc4)c4ccc(-c5ccccc5)cc4)c3c2c1. The van der Waals surface area contributed by atoms with Gasteiger partial charge in [0.2, 0.25) is 0 Å². The van der Waals surface area contributed by atoms with Crippen LogP contribution in [0.3, 0.4) is 0 Å². The Hall–Kier alpha value is -6.06. The van der Waals surface area contributed by atoms with Gasteiger partial charge >= 0.3 is 0 Å². The maximum atomic E-state index is 6.54. The second-order valence-electron chi connectivity index (χ2n) is 14.3. The fourth-order valence-corrected chi connectivity index (χ4v) is 8.28. The lowest BCUT2D eigenvalue weighted by molar-refractivity contribution is 0.668. The second-order valence-corrected chi connectivity index (χ2v) is 14.3. The van der Waals surface area contributed by atoms with Crippen LogP contribution in [0.2, 0.25) is 0 Å². The Morgan fingerprint density at radius 3 is 1.96 bits per heavy atom. The molecule has 0 saturated carbocycles. The van der Waals surface area contributed by atoms with E-state index in [2.05, 4.69) is 181 Å². The average Bonchev–Trinajstić information content (AvgIpc) is 3.62. The maximum absolute atomic E-state index is 6.54. The molecule has 0 aliphatic heterocycles. The van der Waals surface area contributed by atoms with Crippen LogP contribution in [-0.4, -0.2) is 7.05 Å². The van der Waals surface area contributed by atoms with Crippen molar-refractivity contribution in [2.75, 3.05) is 16.8 Å². The van der Waals surface area contributed by atoms with Crippen molar-refractivity contribution in [3.63, 3.8) is 0 Å². The van der Waals surface area contributed by atoms with Gasteiger partial charge in [0.1, 0.15) is 11.2 Å². The van der Waals surface area contributed by atoms with Crippen molar-refractivity contribution in [3.05, 3.63) is 192 Å². The van der Waals surface area contributed by atoms with Crippen LogP contribution in [0.5, 0.6) is 0 Å². The Bertz CT molecular complexity index is 2470. The van der Waals surface area contributed by atoms with Gasteiger partial charge in [0.15, 0.2) is 0 Å². The van der Waals surface area contributed by atoms with Crippen molar-refractivity contribution in [3.8, 4) is 11.1 Å². The lowest BCUT2D eigenvalue weighted by Crippen LogP contribution is -2.20. The van der Waals surface area contributed by atoms with Gasteiger partial charge in [-0.15, -0.1) is 0 Å². The van der Waals surface area contributed by atoms with Gasteiger partial charge in [-0.3, -0.25) is 0 Å². The van der Waals surface area contributed by atoms with Crippen molar-refractivity contribution < 1.29 is 4.42 Å². The lowest BCUT2D eigenvalue weighted by Gasteiger charge is -2.30. The van der Waals surface area contributed by atoms with Gasteiger partial charge in [-0.05, 0) is 127 Å². The summed E-state index contributed by atoms with van der Waals surface area (Å²) in [4.78, 5) is 4.82. The number of fused-ring (bicyclic) bond motifs is 3. The lowest BCUT2D eigenvalue weighted by atomic mass is 9.84. The summed E-state index contributed by atoms with van der Waals surface area (Å²) >= 11 is 0. The first kappa shape index (κ1) is 32.8. The first-order chi connectivity index (χ1) is 26.2. The van der Waals surface area contributed by atoms with Crippen molar-refractivity contribution in [1.82, 2.24) is 0 Å². The minimum atomic E-state index is 0.702. The van der Waals surface area contributed by atoms with E-state index in [4.69, 9.17) is 4.42 Å². The first-order valence-electron chi connectivity index (χ1n) is 19.0. The fourth-order valence-electron chi connectivity index (χ4n) is 8.28. The van der Waals surface area contributed by atoms with Crippen LogP contribution in [0.15, 0.2) is 185 Å². The molecular weight excluding hydrogens is 645 g/mol. The van der Waals surface area contributed by atoms with E-state index in [0.717, 1.165) is 40.8 Å². The smallest absolute Gasteiger partial charge is 0.135 e. The Morgan fingerprint density at radius 2 is 1.23 bits per heavy atom. The zero-order chi connectivity index (χ0) is 35.6. The molecule has 0 atom stereocenters. The Morgan fingerprint density at radius 1 is 0.547 bits per heavy atom. The molecule has 2 aliphatic rings. The topological polar surface area (TPSA) is 19.6 Å². The summed E-state index contributed by atoms with van der Waals surface area (Å²) < 4.78 is 6.54. The van der Waals surface area contributed by atoms with E-state index in [1.165, 1.54) is 75.9 Å². The molecule has 0 N–H and O–H groups in total. The number of rotatable bonds is 9. The van der Waals surface area contributed by atoms with Gasteiger partial charge in [0.05, 0.1) is 0 Å². The molecule has 6 aromatic carbocycles. The quantitative estimate of drug-likeness (QED) is 0.150. The Kier molecular flexibility index (Phi) is 8.99. The fraction of sp³-hybridized carbons (Fsp3) is 0.160. The third-order valence-corrected chi connectivity index (χ3v) is 11.1.